The van der Waals surface area contributed by atoms with Crippen LogP contribution in [0, 0.1) is 0 Å². The first-order chi connectivity index (χ1) is 6.57. The molecule has 0 aromatic carbocycles. The quantitative estimate of drug-likeness (QED) is 0.160. The van der Waals surface area contributed by atoms with E-state index in [1.807, 2.05) is 6.92 Å². The van der Waals surface area contributed by atoms with Gasteiger partial charge in [0.25, 0.3) is 0 Å². The number of carboxylic acid groups (broad SMARTS) is 1. The summed E-state index contributed by atoms with van der Waals surface area (Å²) in [6, 6.07) is 0. The summed E-state index contributed by atoms with van der Waals surface area (Å²) in [7, 11) is 0. The van der Waals surface area contributed by atoms with Gasteiger partial charge in [0.05, 0.1) is 18.1 Å². The molecule has 0 aliphatic rings. The number of aliphatic carboxylic acids is 1. The van der Waals surface area contributed by atoms with E-state index < -0.39 is 11.9 Å². The predicted molar refractivity (Wildman–Crippen MR) is 51.1 cm³/mol. The number of ether oxygens (including phenoxy) is 1. The van der Waals surface area contributed by atoms with Gasteiger partial charge in [0, 0.05) is 0 Å². The van der Waals surface area contributed by atoms with Crippen molar-refractivity contribution in [2.45, 2.75) is 19.8 Å². The Morgan fingerprint density at radius 1 is 1.29 bits per heavy atom. The average molecular weight is 292 g/mol. The smallest absolute Gasteiger partial charge is 0.870 e. The van der Waals surface area contributed by atoms with Crippen molar-refractivity contribution in [2.75, 3.05) is 6.61 Å². The maximum absolute atomic E-state index is 11.0. The summed E-state index contributed by atoms with van der Waals surface area (Å²) < 4.78 is 4.77. The Hall–Kier alpha value is 1.65. The fourth-order valence-electron chi connectivity index (χ4n) is 0.639. The van der Waals surface area contributed by atoms with Crippen LogP contribution in [0.3, 0.4) is 0 Å². The van der Waals surface area contributed by atoms with Crippen molar-refractivity contribution < 1.29 is 128 Å². The summed E-state index contributed by atoms with van der Waals surface area (Å²) in [6.45, 7) is 5.65. The number of unbranched alkanes of at least 4 members (excludes halogenated alkanes) is 1. The van der Waals surface area contributed by atoms with E-state index in [2.05, 4.69) is 6.58 Å². The minimum Gasteiger partial charge on any atom is -0.870 e. The number of rotatable bonds is 6. The molecule has 0 rings (SSSR count). The predicted octanol–water partition coefficient (Wildman–Crippen LogP) is -5.98. The molecular formula is C10H14K2O5. The number of hydrogen-bond acceptors (Lipinski definition) is 5. The average Bonchev–Trinajstić information content (AvgIpc) is 2.14. The molecule has 7 heteroatoms. The molecule has 5 nitrogen and oxygen atoms in total. The molecule has 1 N–H and O–H groups in total. The van der Waals surface area contributed by atoms with Gasteiger partial charge in [-0.2, -0.15) is 0 Å². The summed E-state index contributed by atoms with van der Waals surface area (Å²) >= 11 is 0. The molecule has 0 unspecified atom stereocenters. The monoisotopic (exact) mass is 292 g/mol. The Morgan fingerprint density at radius 3 is 2.24 bits per heavy atom. The van der Waals surface area contributed by atoms with Gasteiger partial charge in [0.2, 0.25) is 0 Å². The van der Waals surface area contributed by atoms with Crippen LogP contribution in [0.4, 0.5) is 0 Å². The summed E-state index contributed by atoms with van der Waals surface area (Å²) in [4.78, 5) is 21.0. The van der Waals surface area contributed by atoms with E-state index in [9.17, 15) is 14.7 Å². The van der Waals surface area contributed by atoms with E-state index in [0.29, 0.717) is 6.61 Å². The molecule has 0 aromatic rings. The molecule has 0 saturated heterocycles. The van der Waals surface area contributed by atoms with Crippen LogP contribution in [-0.2, 0) is 14.3 Å². The Balaban J connectivity index is -0.000000282. The largest absolute Gasteiger partial charge is 1.00 e. The van der Waals surface area contributed by atoms with Crippen molar-refractivity contribution in [3.05, 3.63) is 24.3 Å². The minimum atomic E-state index is -1.37. The molecule has 0 aliphatic carbocycles. The zero-order chi connectivity index (χ0) is 11.0. The van der Waals surface area contributed by atoms with Gasteiger partial charge in [0.15, 0.2) is 0 Å². The third-order valence-electron chi connectivity index (χ3n) is 1.41. The number of carbonyl (C=O) groups is 2. The molecule has 0 radical (unpaired) electrons. The second-order valence-corrected chi connectivity index (χ2v) is 2.67. The van der Waals surface area contributed by atoms with Crippen molar-refractivity contribution in [1.82, 2.24) is 0 Å². The van der Waals surface area contributed by atoms with E-state index in [4.69, 9.17) is 4.74 Å². The maximum atomic E-state index is 11.0. The molecule has 0 spiro atoms. The van der Waals surface area contributed by atoms with Crippen molar-refractivity contribution >= 4 is 11.9 Å². The molecule has 0 heterocycles. The second kappa shape index (κ2) is 17.7. The molecule has 0 amide bonds. The summed E-state index contributed by atoms with van der Waals surface area (Å²) in [5.41, 5.74) is 0.00491. The van der Waals surface area contributed by atoms with E-state index >= 15 is 0 Å². The third-order valence-corrected chi connectivity index (χ3v) is 1.41. The van der Waals surface area contributed by atoms with Gasteiger partial charge in [-0.05, 0) is 18.6 Å². The van der Waals surface area contributed by atoms with Gasteiger partial charge >= 0.3 is 109 Å². The first-order valence-corrected chi connectivity index (χ1v) is 4.33. The Kier molecular flexibility index (Phi) is 28.1. The molecule has 0 bridgehead atoms. The number of hydrogen-bond donors (Lipinski definition) is 0. The van der Waals surface area contributed by atoms with Crippen LogP contribution in [0.15, 0.2) is 24.3 Å². The van der Waals surface area contributed by atoms with Crippen LogP contribution in [0.1, 0.15) is 19.8 Å². The molecule has 0 aliphatic heterocycles. The van der Waals surface area contributed by atoms with Crippen LogP contribution in [-0.4, -0.2) is 24.0 Å². The normalized spacial score (nSPS) is 8.29. The van der Waals surface area contributed by atoms with E-state index in [0.717, 1.165) is 25.0 Å². The second-order valence-electron chi connectivity index (χ2n) is 2.67. The minimum absolute atomic E-state index is 0. The van der Waals surface area contributed by atoms with Crippen molar-refractivity contribution in [2.24, 2.45) is 0 Å². The van der Waals surface area contributed by atoms with Gasteiger partial charge in [0.1, 0.15) is 0 Å². The van der Waals surface area contributed by atoms with E-state index in [1.54, 1.807) is 0 Å². The SMILES string of the molecule is C=C(C=CC(=O)[O-])C(=O)OCCCC.[K+].[K+].[OH-]. The summed E-state index contributed by atoms with van der Waals surface area (Å²) in [5, 5.41) is 10.00. The fraction of sp³-hybridized carbons (Fsp3) is 0.400. The summed E-state index contributed by atoms with van der Waals surface area (Å²) in [6.07, 6.45) is 3.50. The van der Waals surface area contributed by atoms with Crippen LogP contribution in [0.5, 0.6) is 0 Å². The topological polar surface area (TPSA) is 96.4 Å². The van der Waals surface area contributed by atoms with Crippen LogP contribution >= 0.6 is 0 Å². The standard InChI is InChI=1S/C10H14O4.2K.H2O/c1-3-4-7-14-10(13)8(2)5-6-9(11)12;;;/h5-6H,2-4,7H2,1H3,(H,11,12);;;1H2/q;2*+1;/p-2. The van der Waals surface area contributed by atoms with Crippen LogP contribution in [0.25, 0.3) is 0 Å². The van der Waals surface area contributed by atoms with Crippen LogP contribution in [0.2, 0.25) is 0 Å². The van der Waals surface area contributed by atoms with Crippen molar-refractivity contribution in [3.63, 3.8) is 0 Å². The molecular weight excluding hydrogens is 278 g/mol. The molecule has 17 heavy (non-hydrogen) atoms. The molecule has 0 aromatic heterocycles. The van der Waals surface area contributed by atoms with Gasteiger partial charge < -0.3 is 20.1 Å². The van der Waals surface area contributed by atoms with Gasteiger partial charge in [-0.15, -0.1) is 0 Å². The first kappa shape index (κ1) is 27.1. The van der Waals surface area contributed by atoms with Crippen molar-refractivity contribution in [3.8, 4) is 0 Å². The van der Waals surface area contributed by atoms with Gasteiger partial charge in [-0.25, -0.2) is 4.79 Å². The third kappa shape index (κ3) is 17.7. The van der Waals surface area contributed by atoms with E-state index in [-0.39, 0.29) is 114 Å². The molecule has 0 atom stereocenters. The van der Waals surface area contributed by atoms with Gasteiger partial charge in [-0.1, -0.05) is 19.9 Å². The maximum Gasteiger partial charge on any atom is 1.00 e. The fourth-order valence-corrected chi connectivity index (χ4v) is 0.639. The van der Waals surface area contributed by atoms with Gasteiger partial charge in [-0.3, -0.25) is 0 Å². The van der Waals surface area contributed by atoms with Crippen molar-refractivity contribution in [1.29, 1.82) is 0 Å². The number of carbonyl (C=O) groups excluding carboxylic acids is 2. The summed E-state index contributed by atoms with van der Waals surface area (Å²) in [5.74, 6) is -1.97. The Labute approximate surface area is 186 Å². The number of esters is 1. The zero-order valence-electron chi connectivity index (χ0n) is 10.6. The number of carboxylic acids is 1. The molecule has 0 saturated carbocycles. The Morgan fingerprint density at radius 2 is 1.82 bits per heavy atom. The zero-order valence-corrected chi connectivity index (χ0v) is 16.8. The molecule has 86 valence electrons. The molecule has 0 fully saturated rings. The first-order valence-electron chi connectivity index (χ1n) is 4.33. The van der Waals surface area contributed by atoms with Crippen LogP contribution < -0.4 is 108 Å². The Bertz CT molecular complexity index is 263. The van der Waals surface area contributed by atoms with E-state index in [1.165, 1.54) is 0 Å².